The van der Waals surface area contributed by atoms with E-state index in [2.05, 4.69) is 78.3 Å². The molecule has 0 amide bonds. The van der Waals surface area contributed by atoms with Crippen LogP contribution < -0.4 is 72.8 Å². The number of allylic oxidation sites excluding steroid dienone is 3. The molecule has 0 aromatic heterocycles. The van der Waals surface area contributed by atoms with E-state index in [1.807, 2.05) is 0 Å². The molecule has 7 rings (SSSR count). The molecule has 1 aliphatic carbocycles. The zero-order chi connectivity index (χ0) is 81.5. The lowest BCUT2D eigenvalue weighted by atomic mass is 9.84. The maximum atomic E-state index is 14.6. The van der Waals surface area contributed by atoms with Gasteiger partial charge in [0.25, 0.3) is 0 Å². The highest BCUT2D eigenvalue weighted by atomic mass is 16.6. The van der Waals surface area contributed by atoms with E-state index in [1.54, 1.807) is 109 Å². The van der Waals surface area contributed by atoms with E-state index in [-0.39, 0.29) is 50.7 Å². The number of carbonyl (C=O) groups excluding carboxylic acids is 6. The van der Waals surface area contributed by atoms with Gasteiger partial charge in [-0.25, -0.2) is 14.4 Å². The summed E-state index contributed by atoms with van der Waals surface area (Å²) >= 11 is 0. The lowest BCUT2D eigenvalue weighted by molar-refractivity contribution is -0.124. The second-order valence-electron chi connectivity index (χ2n) is 28.2. The van der Waals surface area contributed by atoms with Crippen molar-refractivity contribution in [3.05, 3.63) is 161 Å². The molecule has 0 heterocycles. The van der Waals surface area contributed by atoms with Crippen LogP contribution in [0.1, 0.15) is 267 Å². The van der Waals surface area contributed by atoms with E-state index in [0.717, 1.165) is 173 Å². The van der Waals surface area contributed by atoms with Crippen molar-refractivity contribution in [3.8, 4) is 69.0 Å². The molecular weight excluding hydrogens is 1450 g/mol. The summed E-state index contributed by atoms with van der Waals surface area (Å²) in [6, 6.07) is 28.7. The molecule has 6 aromatic rings. The summed E-state index contributed by atoms with van der Waals surface area (Å²) in [5.41, 5.74) is 0.653. The maximum Gasteiger partial charge on any atom is 0.343 e. The van der Waals surface area contributed by atoms with Crippen LogP contribution >= 0.6 is 0 Å². The highest BCUT2D eigenvalue weighted by Gasteiger charge is 2.39. The molecule has 618 valence electrons. The molecule has 6 aromatic carbocycles. The van der Waals surface area contributed by atoms with Gasteiger partial charge in [-0.3, -0.25) is 14.4 Å². The minimum Gasteiger partial charge on any atom is -0.490 e. The zero-order valence-corrected chi connectivity index (χ0v) is 68.9. The number of ether oxygens (including phenoxy) is 12. The van der Waals surface area contributed by atoms with Gasteiger partial charge >= 0.3 is 17.9 Å². The van der Waals surface area contributed by atoms with Gasteiger partial charge in [0, 0.05) is 35.7 Å². The van der Waals surface area contributed by atoms with Crippen molar-refractivity contribution in [3.63, 3.8) is 0 Å². The fraction of sp³-hybridized carbons (Fsp3) is 0.484. The average Bonchev–Trinajstić information content (AvgIpc) is 0.782. The van der Waals surface area contributed by atoms with Gasteiger partial charge in [0.2, 0.25) is 34.6 Å². The van der Waals surface area contributed by atoms with Gasteiger partial charge in [-0.1, -0.05) is 178 Å². The molecule has 1 fully saturated rings. The molecule has 0 bridgehead atoms. The molecule has 3 N–H and O–H groups in total. The number of unbranched alkanes of at least 4 members (excludes halogenated alkanes) is 18. The molecule has 0 spiro atoms. The molecule has 21 heteroatoms. The van der Waals surface area contributed by atoms with Crippen molar-refractivity contribution in [2.75, 3.05) is 75.4 Å². The molecular formula is C93H123N3O18. The number of hydrogen-bond donors (Lipinski definition) is 3. The number of anilines is 3. The Kier molecular flexibility index (Phi) is 41.4. The fourth-order valence-electron chi connectivity index (χ4n) is 11.9. The number of carbonyl (C=O) groups is 6. The third-order valence-electron chi connectivity index (χ3n) is 18.6. The molecule has 21 nitrogen and oxygen atoms in total. The Labute approximate surface area is 675 Å². The number of Topliss-reactive ketones (excluding diaryl/α,β-unsaturated/α-hetero) is 3. The van der Waals surface area contributed by atoms with Crippen molar-refractivity contribution in [2.45, 2.75) is 236 Å². The van der Waals surface area contributed by atoms with Gasteiger partial charge < -0.3 is 72.8 Å². The van der Waals surface area contributed by atoms with Gasteiger partial charge in [-0.05, 0) is 167 Å². The minimum atomic E-state index is -0.886. The number of hydrogen-bond acceptors (Lipinski definition) is 21. The van der Waals surface area contributed by atoms with Crippen molar-refractivity contribution >= 4 is 52.3 Å². The Morgan fingerprint density at radius 1 is 0.254 bits per heavy atom. The van der Waals surface area contributed by atoms with Crippen LogP contribution in [0.25, 0.3) is 0 Å². The summed E-state index contributed by atoms with van der Waals surface area (Å²) in [6.07, 6.45) is 29.0. The highest BCUT2D eigenvalue weighted by molar-refractivity contribution is 6.51. The van der Waals surface area contributed by atoms with Crippen LogP contribution in [-0.4, -0.2) is 94.7 Å². The van der Waals surface area contributed by atoms with Gasteiger partial charge in [-0.2, -0.15) is 0 Å². The van der Waals surface area contributed by atoms with Gasteiger partial charge in [0.05, 0.1) is 92.9 Å². The van der Waals surface area contributed by atoms with Crippen LogP contribution in [0.2, 0.25) is 0 Å². The predicted molar refractivity (Wildman–Crippen MR) is 449 cm³/mol. The molecule has 114 heavy (non-hydrogen) atoms. The first-order chi connectivity index (χ1) is 55.7. The predicted octanol–water partition coefficient (Wildman–Crippen LogP) is 22.5. The highest BCUT2D eigenvalue weighted by Crippen LogP contribution is 2.44. The second-order valence-corrected chi connectivity index (χ2v) is 28.2. The Balaban J connectivity index is 1.15. The first kappa shape index (κ1) is 90.7. The van der Waals surface area contributed by atoms with E-state index in [9.17, 15) is 28.8 Å². The van der Waals surface area contributed by atoms with E-state index >= 15 is 0 Å². The van der Waals surface area contributed by atoms with Crippen LogP contribution in [0.3, 0.4) is 0 Å². The smallest absolute Gasteiger partial charge is 0.343 e. The summed E-state index contributed by atoms with van der Waals surface area (Å²) in [6.45, 7) is 23.0. The van der Waals surface area contributed by atoms with Gasteiger partial charge in [0.15, 0.2) is 34.5 Å². The van der Waals surface area contributed by atoms with Crippen LogP contribution in [-0.2, 0) is 14.4 Å². The lowest BCUT2D eigenvalue weighted by Crippen LogP contribution is -2.33. The van der Waals surface area contributed by atoms with Crippen molar-refractivity contribution in [2.24, 2.45) is 0 Å². The second kappa shape index (κ2) is 52.1. The molecule has 0 saturated heterocycles. The van der Waals surface area contributed by atoms with E-state index in [4.69, 9.17) is 56.8 Å². The van der Waals surface area contributed by atoms with Crippen LogP contribution in [0.4, 0.5) is 17.1 Å². The maximum absolute atomic E-state index is 14.6. The Hall–Kier alpha value is -10.4. The largest absolute Gasteiger partial charge is 0.490 e. The number of benzene rings is 6. The normalized spacial score (nSPS) is 11.9. The molecule has 1 saturated carbocycles. The third kappa shape index (κ3) is 30.2. The minimum absolute atomic E-state index is 0.195. The molecule has 0 radical (unpaired) electrons. The SMILES string of the molecule is CCCCCOc1cc(C(=O)Oc2ccc(NC=C3C(=O)C(=CNc4ccc(OC(=O)c5cc(OCCCCC)c(OCCCCC)c(OCCCCC)c5)cc4)C(=O)C(=CNc4ccc(OC(=O)c5cc(OCCCCC)c(OCCCCC)c(OCCCCC)c5)cc4)C3=O)cc2)cc(OCCCCC)c1OCCCCC. The first-order valence-corrected chi connectivity index (χ1v) is 41.9. The number of esters is 3. The Morgan fingerprint density at radius 2 is 0.430 bits per heavy atom. The van der Waals surface area contributed by atoms with E-state index in [0.29, 0.717) is 128 Å². The first-order valence-electron chi connectivity index (χ1n) is 41.9. The number of nitrogens with one attached hydrogen (secondary N) is 3. The lowest BCUT2D eigenvalue weighted by Gasteiger charge is -2.19. The summed E-state index contributed by atoms with van der Waals surface area (Å²) in [5, 5.41) is 9.11. The molecule has 0 aliphatic heterocycles. The molecule has 0 atom stereocenters. The van der Waals surface area contributed by atoms with Crippen molar-refractivity contribution in [1.82, 2.24) is 0 Å². The van der Waals surface area contributed by atoms with Crippen LogP contribution in [0.15, 0.2) is 145 Å². The summed E-state index contributed by atoms with van der Waals surface area (Å²) in [5.74, 6) is -0.346. The molecule has 1 aliphatic rings. The topological polar surface area (TPSA) is 249 Å². The Morgan fingerprint density at radius 3 is 0.605 bits per heavy atom. The third-order valence-corrected chi connectivity index (χ3v) is 18.6. The quantitative estimate of drug-likeness (QED) is 0.0106. The monoisotopic (exact) mass is 1570 g/mol. The fourth-order valence-corrected chi connectivity index (χ4v) is 11.9. The summed E-state index contributed by atoms with van der Waals surface area (Å²) in [7, 11) is 0. The van der Waals surface area contributed by atoms with Gasteiger partial charge in [-0.15, -0.1) is 0 Å². The van der Waals surface area contributed by atoms with Crippen LogP contribution in [0.5, 0.6) is 69.0 Å². The van der Waals surface area contributed by atoms with Crippen molar-refractivity contribution < 1.29 is 85.6 Å². The average molecular weight is 1570 g/mol. The standard InChI is InChI=1S/C93H123N3O18/c1-10-19-28-49-103-79-58-67(59-80(104-50-29-20-11-2)88(79)109-55-34-25-16-7)91(100)112-73-43-37-70(38-44-73)94-64-76-85(97)77(65-95-71-39-45-74(46-40-71)113-92(101)68-60-81(105-51-30-21-12-3)89(110-56-35-26-17-8)82(61-68)106-52-31-22-13-4)87(99)78(86(76)98)66-96-72-41-47-75(48-42-72)114-93(102)69-62-83(107-53-32-23-14-5)90(111-57-36-27-18-9)84(63-69)108-54-33-24-15-6/h37-48,58-66,94-96H,10-36,49-57H2,1-9H3. The van der Waals surface area contributed by atoms with E-state index in [1.165, 1.54) is 18.6 Å². The summed E-state index contributed by atoms with van der Waals surface area (Å²) in [4.78, 5) is 86.0. The number of rotatable bonds is 57. The zero-order valence-electron chi connectivity index (χ0n) is 68.9. The van der Waals surface area contributed by atoms with Gasteiger partial charge in [0.1, 0.15) is 17.2 Å². The molecule has 0 unspecified atom stereocenters. The van der Waals surface area contributed by atoms with Crippen LogP contribution in [0, 0.1) is 0 Å². The Bertz CT molecular complexity index is 3520. The van der Waals surface area contributed by atoms with E-state index < -0.39 is 35.3 Å². The van der Waals surface area contributed by atoms with Crippen molar-refractivity contribution in [1.29, 1.82) is 0 Å². The number of ketones is 3. The summed E-state index contributed by atoms with van der Waals surface area (Å²) < 4.78 is 74.4.